The van der Waals surface area contributed by atoms with Gasteiger partial charge in [0.2, 0.25) is 6.41 Å². The second kappa shape index (κ2) is 7.09. The summed E-state index contributed by atoms with van der Waals surface area (Å²) in [4.78, 5) is 22.1. The van der Waals surface area contributed by atoms with Crippen molar-refractivity contribution in [2.75, 3.05) is 13.1 Å². The highest BCUT2D eigenvalue weighted by Crippen LogP contribution is 2.19. The first-order valence-corrected chi connectivity index (χ1v) is 6.42. The van der Waals surface area contributed by atoms with Gasteiger partial charge in [-0.05, 0) is 23.3 Å². The minimum Gasteiger partial charge on any atom is -0.357 e. The van der Waals surface area contributed by atoms with E-state index in [2.05, 4.69) is 10.6 Å². The standard InChI is InChI=1S/C16H16N2O2/c19-12-17-9-10-18-16(20)15-8-4-7-14(11-15)13-5-2-1-3-6-13/h1-8,11-12H,9-10H2,(H,17,19)(H,18,20). The highest BCUT2D eigenvalue weighted by atomic mass is 16.1. The van der Waals surface area contributed by atoms with Crippen molar-refractivity contribution in [3.63, 3.8) is 0 Å². The van der Waals surface area contributed by atoms with E-state index < -0.39 is 0 Å². The fourth-order valence-electron chi connectivity index (χ4n) is 1.88. The van der Waals surface area contributed by atoms with E-state index in [1.165, 1.54) is 0 Å². The summed E-state index contributed by atoms with van der Waals surface area (Å²) in [6.45, 7) is 0.834. The van der Waals surface area contributed by atoms with Crippen molar-refractivity contribution < 1.29 is 9.59 Å². The summed E-state index contributed by atoms with van der Waals surface area (Å²) in [5, 5.41) is 5.25. The quantitative estimate of drug-likeness (QED) is 0.620. The molecule has 102 valence electrons. The Bertz CT molecular complexity index is 582. The fraction of sp³-hybridized carbons (Fsp3) is 0.125. The third-order valence-electron chi connectivity index (χ3n) is 2.87. The average molecular weight is 268 g/mol. The van der Waals surface area contributed by atoms with Gasteiger partial charge in [0.25, 0.3) is 5.91 Å². The zero-order valence-electron chi connectivity index (χ0n) is 11.0. The summed E-state index contributed by atoms with van der Waals surface area (Å²) < 4.78 is 0. The summed E-state index contributed by atoms with van der Waals surface area (Å²) in [7, 11) is 0. The second-order valence-corrected chi connectivity index (χ2v) is 4.27. The topological polar surface area (TPSA) is 58.2 Å². The van der Waals surface area contributed by atoms with E-state index in [1.807, 2.05) is 48.5 Å². The Morgan fingerprint density at radius 2 is 1.70 bits per heavy atom. The number of nitrogens with one attached hydrogen (secondary N) is 2. The number of rotatable bonds is 6. The number of amides is 2. The molecule has 2 N–H and O–H groups in total. The molecule has 0 atom stereocenters. The average Bonchev–Trinajstić information content (AvgIpc) is 2.52. The first-order valence-electron chi connectivity index (χ1n) is 6.42. The number of carbonyl (C=O) groups is 2. The molecule has 0 radical (unpaired) electrons. The predicted octanol–water partition coefficient (Wildman–Crippen LogP) is 1.83. The first-order chi connectivity index (χ1) is 9.81. The highest BCUT2D eigenvalue weighted by molar-refractivity contribution is 5.95. The van der Waals surface area contributed by atoms with Crippen LogP contribution in [0, 0.1) is 0 Å². The Morgan fingerprint density at radius 1 is 0.950 bits per heavy atom. The van der Waals surface area contributed by atoms with Gasteiger partial charge in [-0.3, -0.25) is 9.59 Å². The molecule has 0 aliphatic rings. The molecule has 20 heavy (non-hydrogen) atoms. The summed E-state index contributed by atoms with van der Waals surface area (Å²) in [6.07, 6.45) is 0.613. The monoisotopic (exact) mass is 268 g/mol. The Labute approximate surface area is 117 Å². The van der Waals surface area contributed by atoms with Crippen molar-refractivity contribution in [1.82, 2.24) is 10.6 Å². The zero-order chi connectivity index (χ0) is 14.2. The van der Waals surface area contributed by atoms with Crippen LogP contribution in [0.2, 0.25) is 0 Å². The van der Waals surface area contributed by atoms with Crippen molar-refractivity contribution in [1.29, 1.82) is 0 Å². The molecule has 0 saturated heterocycles. The van der Waals surface area contributed by atoms with Gasteiger partial charge in [-0.25, -0.2) is 0 Å². The van der Waals surface area contributed by atoms with Crippen LogP contribution in [-0.4, -0.2) is 25.4 Å². The van der Waals surface area contributed by atoms with Crippen LogP contribution in [0.5, 0.6) is 0 Å². The Kier molecular flexibility index (Phi) is 4.89. The lowest BCUT2D eigenvalue weighted by Crippen LogP contribution is -2.31. The van der Waals surface area contributed by atoms with Crippen molar-refractivity contribution >= 4 is 12.3 Å². The number of carbonyl (C=O) groups excluding carboxylic acids is 2. The van der Waals surface area contributed by atoms with Crippen molar-refractivity contribution in [3.8, 4) is 11.1 Å². The van der Waals surface area contributed by atoms with Gasteiger partial charge in [0.15, 0.2) is 0 Å². The molecule has 0 spiro atoms. The molecule has 4 nitrogen and oxygen atoms in total. The summed E-state index contributed by atoms with van der Waals surface area (Å²) in [6, 6.07) is 17.4. The van der Waals surface area contributed by atoms with Gasteiger partial charge in [-0.15, -0.1) is 0 Å². The Morgan fingerprint density at radius 3 is 2.45 bits per heavy atom. The molecule has 2 aromatic carbocycles. The predicted molar refractivity (Wildman–Crippen MR) is 78.3 cm³/mol. The third-order valence-corrected chi connectivity index (χ3v) is 2.87. The zero-order valence-corrected chi connectivity index (χ0v) is 11.0. The van der Waals surface area contributed by atoms with Crippen LogP contribution in [0.25, 0.3) is 11.1 Å². The van der Waals surface area contributed by atoms with Crippen LogP contribution in [0.4, 0.5) is 0 Å². The lowest BCUT2D eigenvalue weighted by molar-refractivity contribution is -0.109. The molecule has 0 bridgehead atoms. The third kappa shape index (κ3) is 3.68. The Balaban J connectivity index is 2.06. The molecule has 4 heteroatoms. The van der Waals surface area contributed by atoms with Crippen LogP contribution in [0.15, 0.2) is 54.6 Å². The van der Waals surface area contributed by atoms with Crippen molar-refractivity contribution in [2.45, 2.75) is 0 Å². The molecular formula is C16H16N2O2. The van der Waals surface area contributed by atoms with Crippen LogP contribution < -0.4 is 10.6 Å². The van der Waals surface area contributed by atoms with Crippen molar-refractivity contribution in [3.05, 3.63) is 60.2 Å². The minimum absolute atomic E-state index is 0.143. The molecule has 0 saturated carbocycles. The maximum Gasteiger partial charge on any atom is 0.251 e. The van der Waals surface area contributed by atoms with Crippen LogP contribution in [0.1, 0.15) is 10.4 Å². The van der Waals surface area contributed by atoms with Gasteiger partial charge in [-0.2, -0.15) is 0 Å². The molecule has 0 unspecified atom stereocenters. The Hall–Kier alpha value is -2.62. The molecule has 2 amide bonds. The normalized spacial score (nSPS) is 9.80. The van der Waals surface area contributed by atoms with Gasteiger partial charge in [-0.1, -0.05) is 42.5 Å². The van der Waals surface area contributed by atoms with Crippen LogP contribution in [-0.2, 0) is 4.79 Å². The number of hydrogen-bond acceptors (Lipinski definition) is 2. The van der Waals surface area contributed by atoms with Gasteiger partial charge in [0, 0.05) is 18.7 Å². The SMILES string of the molecule is O=CNCCNC(=O)c1cccc(-c2ccccc2)c1. The number of benzene rings is 2. The minimum atomic E-state index is -0.143. The van der Waals surface area contributed by atoms with Crippen LogP contribution >= 0.6 is 0 Å². The smallest absolute Gasteiger partial charge is 0.251 e. The molecular weight excluding hydrogens is 252 g/mol. The summed E-state index contributed by atoms with van der Waals surface area (Å²) >= 11 is 0. The highest BCUT2D eigenvalue weighted by Gasteiger charge is 2.06. The van der Waals surface area contributed by atoms with E-state index in [0.717, 1.165) is 11.1 Å². The van der Waals surface area contributed by atoms with Crippen molar-refractivity contribution in [2.24, 2.45) is 0 Å². The van der Waals surface area contributed by atoms with E-state index in [9.17, 15) is 9.59 Å². The molecule has 0 aliphatic carbocycles. The molecule has 0 heterocycles. The van der Waals surface area contributed by atoms with E-state index in [1.54, 1.807) is 6.07 Å². The van der Waals surface area contributed by atoms with E-state index in [4.69, 9.17) is 0 Å². The fourth-order valence-corrected chi connectivity index (χ4v) is 1.88. The van der Waals surface area contributed by atoms with Gasteiger partial charge >= 0.3 is 0 Å². The molecule has 2 aromatic rings. The van der Waals surface area contributed by atoms with Gasteiger partial charge < -0.3 is 10.6 Å². The molecule has 2 rings (SSSR count). The largest absolute Gasteiger partial charge is 0.357 e. The van der Waals surface area contributed by atoms with E-state index in [-0.39, 0.29) is 5.91 Å². The summed E-state index contributed by atoms with van der Waals surface area (Å²) in [5.74, 6) is -0.143. The first kappa shape index (κ1) is 13.8. The molecule has 0 aliphatic heterocycles. The molecule has 0 fully saturated rings. The maximum absolute atomic E-state index is 12.0. The van der Waals surface area contributed by atoms with E-state index >= 15 is 0 Å². The maximum atomic E-state index is 12.0. The van der Waals surface area contributed by atoms with Gasteiger partial charge in [0.05, 0.1) is 0 Å². The van der Waals surface area contributed by atoms with Crippen LogP contribution in [0.3, 0.4) is 0 Å². The lowest BCUT2D eigenvalue weighted by Gasteiger charge is -2.07. The second-order valence-electron chi connectivity index (χ2n) is 4.27. The number of hydrogen-bond donors (Lipinski definition) is 2. The van der Waals surface area contributed by atoms with E-state index in [0.29, 0.717) is 25.1 Å². The molecule has 0 aromatic heterocycles. The lowest BCUT2D eigenvalue weighted by atomic mass is 10.0. The van der Waals surface area contributed by atoms with Gasteiger partial charge in [0.1, 0.15) is 0 Å². The summed E-state index contributed by atoms with van der Waals surface area (Å²) in [5.41, 5.74) is 2.69.